The highest BCUT2D eigenvalue weighted by atomic mass is 16.6. The second kappa shape index (κ2) is 11.2. The molecule has 0 bridgehead atoms. The monoisotopic (exact) mass is 302 g/mol. The summed E-state index contributed by atoms with van der Waals surface area (Å²) in [6.45, 7) is 2.57. The third kappa shape index (κ3) is 6.89. The van der Waals surface area contributed by atoms with Gasteiger partial charge in [-0.15, -0.1) is 0 Å². The third-order valence-electron chi connectivity index (χ3n) is 3.72. The van der Waals surface area contributed by atoms with Gasteiger partial charge in [0, 0.05) is 6.61 Å². The van der Waals surface area contributed by atoms with Crippen molar-refractivity contribution in [3.63, 3.8) is 0 Å². The van der Waals surface area contributed by atoms with Crippen LogP contribution in [0.1, 0.15) is 45.4 Å². The number of allylic oxidation sites excluding steroid dienone is 2. The normalized spacial score (nSPS) is 27.5. The van der Waals surface area contributed by atoms with E-state index in [1.54, 1.807) is 0 Å². The molecule has 4 atom stereocenters. The maximum absolute atomic E-state index is 9.73. The minimum Gasteiger partial charge on any atom is -0.394 e. The molecular weight excluding hydrogens is 272 g/mol. The van der Waals surface area contributed by atoms with E-state index in [-0.39, 0.29) is 13.2 Å². The van der Waals surface area contributed by atoms with Gasteiger partial charge < -0.3 is 24.8 Å². The van der Waals surface area contributed by atoms with E-state index in [0.29, 0.717) is 6.61 Å². The van der Waals surface area contributed by atoms with Crippen molar-refractivity contribution in [1.29, 1.82) is 0 Å². The maximum Gasteiger partial charge on any atom is 0.114 e. The molecule has 5 heteroatoms. The molecular formula is C16H30O5. The summed E-state index contributed by atoms with van der Waals surface area (Å²) in [5.74, 6) is 0. The van der Waals surface area contributed by atoms with Crippen LogP contribution in [-0.4, -0.2) is 59.6 Å². The first kappa shape index (κ1) is 18.6. The smallest absolute Gasteiger partial charge is 0.114 e. The van der Waals surface area contributed by atoms with E-state index in [0.717, 1.165) is 19.3 Å². The fourth-order valence-electron chi connectivity index (χ4n) is 2.39. The Bertz CT molecular complexity index is 282. The van der Waals surface area contributed by atoms with Gasteiger partial charge in [-0.05, 0) is 25.7 Å². The van der Waals surface area contributed by atoms with Crippen molar-refractivity contribution in [1.82, 2.24) is 0 Å². The predicted octanol–water partition coefficient (Wildman–Crippen LogP) is 1.40. The minimum atomic E-state index is -0.986. The van der Waals surface area contributed by atoms with E-state index in [2.05, 4.69) is 19.1 Å². The second-order valence-electron chi connectivity index (χ2n) is 5.56. The lowest BCUT2D eigenvalue weighted by Gasteiger charge is -2.24. The van der Waals surface area contributed by atoms with E-state index in [1.165, 1.54) is 19.3 Å². The zero-order valence-corrected chi connectivity index (χ0v) is 13.0. The van der Waals surface area contributed by atoms with Crippen LogP contribution in [0.5, 0.6) is 0 Å². The van der Waals surface area contributed by atoms with Gasteiger partial charge in [-0.3, -0.25) is 0 Å². The molecule has 21 heavy (non-hydrogen) atoms. The van der Waals surface area contributed by atoms with Crippen LogP contribution in [0.15, 0.2) is 12.2 Å². The quantitative estimate of drug-likeness (QED) is 0.397. The minimum absolute atomic E-state index is 0.0895. The van der Waals surface area contributed by atoms with Crippen molar-refractivity contribution in [2.75, 3.05) is 19.8 Å². The summed E-state index contributed by atoms with van der Waals surface area (Å²) in [4.78, 5) is 0. The largest absolute Gasteiger partial charge is 0.394 e. The number of ether oxygens (including phenoxy) is 2. The molecule has 5 nitrogen and oxygen atoms in total. The Labute approximate surface area is 127 Å². The van der Waals surface area contributed by atoms with Crippen LogP contribution in [0.2, 0.25) is 0 Å². The zero-order chi connectivity index (χ0) is 15.5. The van der Waals surface area contributed by atoms with Gasteiger partial charge in [0.25, 0.3) is 0 Å². The Morgan fingerprint density at radius 3 is 2.48 bits per heavy atom. The molecule has 1 aliphatic rings. The first-order valence-electron chi connectivity index (χ1n) is 8.05. The molecule has 1 rings (SSSR count). The number of rotatable bonds is 11. The number of hydrogen-bond acceptors (Lipinski definition) is 5. The van der Waals surface area contributed by atoms with Gasteiger partial charge >= 0.3 is 0 Å². The Hall–Kier alpha value is -0.460. The zero-order valence-electron chi connectivity index (χ0n) is 13.0. The van der Waals surface area contributed by atoms with E-state index in [9.17, 15) is 15.3 Å². The fraction of sp³-hybridized carbons (Fsp3) is 0.875. The molecule has 0 aromatic rings. The van der Waals surface area contributed by atoms with Gasteiger partial charge in [0.2, 0.25) is 0 Å². The number of hydrogen-bond donors (Lipinski definition) is 3. The summed E-state index contributed by atoms with van der Waals surface area (Å²) >= 11 is 0. The van der Waals surface area contributed by atoms with Crippen LogP contribution < -0.4 is 0 Å². The van der Waals surface area contributed by atoms with Crippen LogP contribution in [0.25, 0.3) is 0 Å². The topological polar surface area (TPSA) is 79.2 Å². The summed E-state index contributed by atoms with van der Waals surface area (Å²) < 4.78 is 10.8. The number of aliphatic hydroxyl groups excluding tert-OH is 3. The number of unbranched alkanes of at least 4 members (excludes halogenated alkanes) is 4. The highest BCUT2D eigenvalue weighted by Crippen LogP contribution is 2.19. The Morgan fingerprint density at radius 2 is 1.90 bits per heavy atom. The molecule has 0 radical (unpaired) electrons. The molecule has 0 saturated carbocycles. The molecule has 0 spiro atoms. The van der Waals surface area contributed by atoms with Crippen molar-refractivity contribution in [3.05, 3.63) is 12.2 Å². The Balaban J connectivity index is 2.10. The van der Waals surface area contributed by atoms with Gasteiger partial charge in [-0.25, -0.2) is 0 Å². The SMILES string of the molecule is CCCCC/C=C/CCCO[C@H](CO)[C@H]1OC[C@H](O)[C@H]1O. The molecule has 124 valence electrons. The molecule has 0 unspecified atom stereocenters. The van der Waals surface area contributed by atoms with Crippen LogP contribution in [0.4, 0.5) is 0 Å². The van der Waals surface area contributed by atoms with Crippen molar-refractivity contribution in [3.8, 4) is 0 Å². The Morgan fingerprint density at radius 1 is 1.19 bits per heavy atom. The van der Waals surface area contributed by atoms with E-state index in [4.69, 9.17) is 9.47 Å². The predicted molar refractivity (Wildman–Crippen MR) is 81.1 cm³/mol. The molecule has 0 amide bonds. The molecule has 1 aliphatic heterocycles. The van der Waals surface area contributed by atoms with Gasteiger partial charge in [0.1, 0.15) is 24.4 Å². The highest BCUT2D eigenvalue weighted by molar-refractivity contribution is 4.88. The molecule has 1 fully saturated rings. The summed E-state index contributed by atoms with van der Waals surface area (Å²) in [6, 6.07) is 0. The summed E-state index contributed by atoms with van der Waals surface area (Å²) in [5.41, 5.74) is 0. The fourth-order valence-corrected chi connectivity index (χ4v) is 2.39. The first-order valence-corrected chi connectivity index (χ1v) is 8.05. The van der Waals surface area contributed by atoms with E-state index >= 15 is 0 Å². The lowest BCUT2D eigenvalue weighted by molar-refractivity contribution is -0.101. The van der Waals surface area contributed by atoms with Crippen molar-refractivity contribution < 1.29 is 24.8 Å². The average Bonchev–Trinajstić information content (AvgIpc) is 2.82. The molecule has 0 aromatic heterocycles. The standard InChI is InChI=1S/C16H30O5/c1-2-3-4-5-6-7-8-9-10-20-14(11-17)16-15(19)13(18)12-21-16/h6-7,13-19H,2-5,8-12H2,1H3/b7-6+/t13-,14+,15+,16+/m0/s1. The summed E-state index contributed by atoms with van der Waals surface area (Å²) in [6.07, 6.45) is 7.99. The van der Waals surface area contributed by atoms with Gasteiger partial charge in [0.05, 0.1) is 13.2 Å². The van der Waals surface area contributed by atoms with Gasteiger partial charge in [-0.1, -0.05) is 31.9 Å². The highest BCUT2D eigenvalue weighted by Gasteiger charge is 2.40. The average molecular weight is 302 g/mol. The summed E-state index contributed by atoms with van der Waals surface area (Å²) in [7, 11) is 0. The summed E-state index contributed by atoms with van der Waals surface area (Å²) in [5, 5.41) is 28.4. The molecule has 1 heterocycles. The Kier molecular flexibility index (Phi) is 9.87. The third-order valence-corrected chi connectivity index (χ3v) is 3.72. The second-order valence-corrected chi connectivity index (χ2v) is 5.56. The van der Waals surface area contributed by atoms with Crippen LogP contribution in [-0.2, 0) is 9.47 Å². The maximum atomic E-state index is 9.73. The molecule has 0 aromatic carbocycles. The van der Waals surface area contributed by atoms with E-state index < -0.39 is 24.4 Å². The van der Waals surface area contributed by atoms with Crippen molar-refractivity contribution in [2.45, 2.75) is 69.9 Å². The lowest BCUT2D eigenvalue weighted by Crippen LogP contribution is -2.42. The van der Waals surface area contributed by atoms with Crippen molar-refractivity contribution >= 4 is 0 Å². The van der Waals surface area contributed by atoms with Crippen LogP contribution >= 0.6 is 0 Å². The van der Waals surface area contributed by atoms with Gasteiger partial charge in [-0.2, -0.15) is 0 Å². The number of aliphatic hydroxyl groups is 3. The van der Waals surface area contributed by atoms with Crippen LogP contribution in [0, 0.1) is 0 Å². The first-order chi connectivity index (χ1) is 10.2. The molecule has 0 aliphatic carbocycles. The van der Waals surface area contributed by atoms with Crippen molar-refractivity contribution in [2.24, 2.45) is 0 Å². The van der Waals surface area contributed by atoms with Gasteiger partial charge in [0.15, 0.2) is 0 Å². The van der Waals surface area contributed by atoms with E-state index in [1.807, 2.05) is 0 Å². The lowest BCUT2D eigenvalue weighted by atomic mass is 10.1. The van der Waals surface area contributed by atoms with Crippen LogP contribution in [0.3, 0.4) is 0 Å². The molecule has 1 saturated heterocycles. The molecule has 3 N–H and O–H groups in total.